The highest BCUT2D eigenvalue weighted by atomic mass is 32.2. The van der Waals surface area contributed by atoms with Gasteiger partial charge in [-0.05, 0) is 50.6 Å². The molecule has 8 nitrogen and oxygen atoms in total. The fourth-order valence-corrected chi connectivity index (χ4v) is 5.49. The largest absolute Gasteiger partial charge is 0.391 e. The van der Waals surface area contributed by atoms with Crippen LogP contribution in [0.1, 0.15) is 51.4 Å². The maximum Gasteiger partial charge on any atom is 0.391 e. The molecule has 2 unspecified atom stereocenters. The number of alkyl halides is 3. The van der Waals surface area contributed by atoms with E-state index in [-0.39, 0.29) is 24.9 Å². The fourth-order valence-electron chi connectivity index (χ4n) is 4.69. The predicted molar refractivity (Wildman–Crippen MR) is 106 cm³/mol. The second kappa shape index (κ2) is 12.1. The SMILES string of the molecule is O=C(NO)C1CCOC(=S(=O)=O)C1C1(CCCCCOCCC(F)(F)F)CCNCC1. The number of hydrogen-bond donors (Lipinski definition) is 3. The van der Waals surface area contributed by atoms with Crippen LogP contribution >= 0.6 is 0 Å². The Kier molecular flexibility index (Phi) is 10.2. The van der Waals surface area contributed by atoms with Gasteiger partial charge in [-0.2, -0.15) is 21.6 Å². The van der Waals surface area contributed by atoms with E-state index in [0.717, 1.165) is 0 Å². The first-order valence-electron chi connectivity index (χ1n) is 10.6. The summed E-state index contributed by atoms with van der Waals surface area (Å²) in [7, 11) is -2.62. The molecule has 0 aromatic carbocycles. The van der Waals surface area contributed by atoms with Gasteiger partial charge >= 0.3 is 6.18 Å². The van der Waals surface area contributed by atoms with Gasteiger partial charge in [-0.25, -0.2) is 5.48 Å². The molecule has 12 heteroatoms. The molecule has 0 aliphatic carbocycles. The first-order chi connectivity index (χ1) is 14.7. The lowest BCUT2D eigenvalue weighted by Crippen LogP contribution is -2.53. The maximum atomic E-state index is 12.3. The van der Waals surface area contributed by atoms with Crippen molar-refractivity contribution in [1.82, 2.24) is 10.8 Å². The molecule has 2 saturated heterocycles. The summed E-state index contributed by atoms with van der Waals surface area (Å²) in [6.07, 6.45) is -0.926. The number of hydrogen-bond acceptors (Lipinski definition) is 7. The minimum atomic E-state index is -4.23. The molecule has 0 spiro atoms. The molecule has 2 aliphatic rings. The molecule has 3 N–H and O–H groups in total. The first-order valence-corrected chi connectivity index (χ1v) is 11.7. The molecule has 2 fully saturated rings. The number of carbonyl (C=O) groups excluding carboxylic acids is 1. The smallest absolute Gasteiger partial charge is 0.381 e. The van der Waals surface area contributed by atoms with Crippen LogP contribution in [-0.4, -0.2) is 63.7 Å². The molecule has 0 bridgehead atoms. The zero-order valence-corrected chi connectivity index (χ0v) is 18.2. The third-order valence-electron chi connectivity index (χ3n) is 6.19. The van der Waals surface area contributed by atoms with Gasteiger partial charge in [0.15, 0.2) is 5.05 Å². The molecule has 31 heavy (non-hydrogen) atoms. The topological polar surface area (TPSA) is 114 Å². The summed E-state index contributed by atoms with van der Waals surface area (Å²) in [5.74, 6) is -2.00. The van der Waals surface area contributed by atoms with Gasteiger partial charge in [0.2, 0.25) is 16.2 Å². The fraction of sp³-hybridized carbons (Fsp3) is 0.895. The number of carbonyl (C=O) groups is 1. The molecular weight excluding hydrogens is 441 g/mol. The van der Waals surface area contributed by atoms with Crippen LogP contribution in [0.25, 0.3) is 0 Å². The van der Waals surface area contributed by atoms with E-state index < -0.39 is 46.0 Å². The number of hydroxylamine groups is 1. The van der Waals surface area contributed by atoms with E-state index in [1.807, 2.05) is 0 Å². The molecule has 0 aromatic rings. The Labute approximate surface area is 181 Å². The van der Waals surface area contributed by atoms with Crippen LogP contribution in [0.3, 0.4) is 0 Å². The molecule has 2 heterocycles. The molecule has 1 amide bonds. The highest BCUT2D eigenvalue weighted by Crippen LogP contribution is 2.48. The molecular formula is C19H31F3N2O6S. The molecule has 2 rings (SSSR count). The highest BCUT2D eigenvalue weighted by Gasteiger charge is 2.50. The zero-order chi connectivity index (χ0) is 22.9. The lowest BCUT2D eigenvalue weighted by Gasteiger charge is -2.48. The Morgan fingerprint density at radius 1 is 1.23 bits per heavy atom. The van der Waals surface area contributed by atoms with Crippen LogP contribution in [-0.2, 0) is 24.6 Å². The Balaban J connectivity index is 2.02. The average Bonchev–Trinajstić information content (AvgIpc) is 2.74. The van der Waals surface area contributed by atoms with Crippen molar-refractivity contribution in [2.75, 3.05) is 32.9 Å². The average molecular weight is 473 g/mol. The van der Waals surface area contributed by atoms with Gasteiger partial charge < -0.3 is 14.8 Å². The molecule has 0 radical (unpaired) electrons. The lowest BCUT2D eigenvalue weighted by atomic mass is 9.61. The second-order valence-corrected chi connectivity index (χ2v) is 9.02. The summed E-state index contributed by atoms with van der Waals surface area (Å²) < 4.78 is 70.7. The Hall–Kier alpha value is -1.21. The monoisotopic (exact) mass is 472 g/mol. The lowest BCUT2D eigenvalue weighted by molar-refractivity contribution is -0.145. The van der Waals surface area contributed by atoms with E-state index in [9.17, 15) is 31.6 Å². The Bertz CT molecular complexity index is 715. The van der Waals surface area contributed by atoms with Crippen LogP contribution in [0, 0.1) is 17.3 Å². The van der Waals surface area contributed by atoms with Gasteiger partial charge in [0.05, 0.1) is 25.6 Å². The second-order valence-electron chi connectivity index (χ2n) is 8.15. The highest BCUT2D eigenvalue weighted by molar-refractivity contribution is 7.72. The van der Waals surface area contributed by atoms with E-state index >= 15 is 0 Å². The van der Waals surface area contributed by atoms with E-state index in [1.54, 1.807) is 5.48 Å². The molecule has 0 saturated carbocycles. The quantitative estimate of drug-likeness (QED) is 0.193. The standard InChI is InChI=1S/C19H31F3N2O6S/c20-19(21,22)8-13-29-11-3-1-2-5-18(6-9-23-10-7-18)15-14(16(25)24-26)4-12-30-17(15)31(27)28/h14-15,23,26H,1-13H2,(H,24,25). The summed E-state index contributed by atoms with van der Waals surface area (Å²) in [6, 6.07) is 0. The van der Waals surface area contributed by atoms with Crippen molar-refractivity contribution >= 4 is 21.3 Å². The minimum Gasteiger partial charge on any atom is -0.381 e. The number of nitrogens with one attached hydrogen (secondary N) is 2. The third kappa shape index (κ3) is 7.70. The number of piperidine rings is 1. The first kappa shape index (κ1) is 26.0. The van der Waals surface area contributed by atoms with E-state index in [0.29, 0.717) is 58.0 Å². The summed E-state index contributed by atoms with van der Waals surface area (Å²) >= 11 is 0. The minimum absolute atomic E-state index is 0.0848. The van der Waals surface area contributed by atoms with Crippen LogP contribution < -0.4 is 10.8 Å². The van der Waals surface area contributed by atoms with Crippen molar-refractivity contribution in [3.05, 3.63) is 0 Å². The van der Waals surface area contributed by atoms with Crippen LogP contribution in [0.4, 0.5) is 13.2 Å². The molecule has 180 valence electrons. The third-order valence-corrected chi connectivity index (χ3v) is 6.89. The van der Waals surface area contributed by atoms with Gasteiger partial charge in [0.25, 0.3) is 0 Å². The van der Waals surface area contributed by atoms with Crippen molar-refractivity contribution in [2.45, 2.75) is 57.5 Å². The Morgan fingerprint density at radius 2 is 1.94 bits per heavy atom. The van der Waals surface area contributed by atoms with E-state index in [4.69, 9.17) is 9.47 Å². The van der Waals surface area contributed by atoms with Gasteiger partial charge in [-0.3, -0.25) is 10.0 Å². The predicted octanol–water partition coefficient (Wildman–Crippen LogP) is 2.05. The summed E-state index contributed by atoms with van der Waals surface area (Å²) in [5.41, 5.74) is 1.18. The van der Waals surface area contributed by atoms with E-state index in [2.05, 4.69) is 5.32 Å². The van der Waals surface area contributed by atoms with Crippen molar-refractivity contribution in [3.63, 3.8) is 0 Å². The molecule has 2 atom stereocenters. The summed E-state index contributed by atoms with van der Waals surface area (Å²) in [5, 5.41) is 12.3. The van der Waals surface area contributed by atoms with Gasteiger partial charge in [0, 0.05) is 12.5 Å². The van der Waals surface area contributed by atoms with Crippen LogP contribution in [0.5, 0.6) is 0 Å². The van der Waals surface area contributed by atoms with Gasteiger partial charge in [-0.1, -0.05) is 12.8 Å². The van der Waals surface area contributed by atoms with Crippen molar-refractivity contribution in [1.29, 1.82) is 0 Å². The van der Waals surface area contributed by atoms with Crippen molar-refractivity contribution in [3.8, 4) is 0 Å². The zero-order valence-electron chi connectivity index (χ0n) is 17.4. The number of ether oxygens (including phenoxy) is 2. The van der Waals surface area contributed by atoms with Crippen molar-refractivity contribution in [2.24, 2.45) is 17.3 Å². The van der Waals surface area contributed by atoms with Crippen molar-refractivity contribution < 1.29 is 41.1 Å². The van der Waals surface area contributed by atoms with Gasteiger partial charge in [0.1, 0.15) is 0 Å². The number of rotatable bonds is 10. The number of amides is 1. The maximum absolute atomic E-state index is 12.3. The summed E-state index contributed by atoms with van der Waals surface area (Å²) in [4.78, 5) is 12.3. The molecule has 0 aromatic heterocycles. The normalized spacial score (nSPS) is 24.1. The number of halogens is 3. The molecule has 2 aliphatic heterocycles. The van der Waals surface area contributed by atoms with E-state index in [1.165, 1.54) is 0 Å². The number of unbranched alkanes of at least 4 members (excludes halogenated alkanes) is 2. The van der Waals surface area contributed by atoms with Crippen LogP contribution in [0.2, 0.25) is 0 Å². The Morgan fingerprint density at radius 3 is 2.55 bits per heavy atom. The van der Waals surface area contributed by atoms with Gasteiger partial charge in [-0.15, -0.1) is 0 Å². The van der Waals surface area contributed by atoms with Crippen LogP contribution in [0.15, 0.2) is 0 Å². The summed E-state index contributed by atoms with van der Waals surface area (Å²) in [6.45, 7) is 1.30.